The van der Waals surface area contributed by atoms with Crippen molar-refractivity contribution in [1.29, 1.82) is 0 Å². The number of carbonyl (C=O) groups excluding carboxylic acids is 6. The standard InChI is InChI=1S/C70H102N10O17/c1-11-72-63(85)47-35-73-67(74-36-47)80-28-27-77(39-53(80)65(87)88)68-75-37-48-38-78(26-24-51(48)76-68)69(90)96-54-23-21-46(32-58(54)94-10)31-50(71)57-34-56(93-9)42(4)30-44(6)60(82)61(83)59(81)43(5)29-40(2)17-13-12-14-18-41(3)55(92-8)33-49-22-20-45(7)70(91,97-49)62(84)64(86)79-25-16-15-19-52(79)66(89)95-57/h12-14,17-18,30,35-37,40,42-43,45-46,49-50,52-58,60-61,82-83,91H,11,15-16,19-29,31-34,38-39,71H2,1-10H3,(H,72,85)(H,87,88)/b14-12+,17-13+,41-18+,44-30+/t40-,42-,43-,45-,46+,49+,50-,52+,53-,54-,55+,56-,57+,58-,60-,61+,70-/m1/s1. The maximum atomic E-state index is 14.9. The number of nitrogens with zero attached hydrogens (tertiary/aromatic N) is 8. The number of aliphatic hydroxyl groups excluding tert-OH is 2. The third-order valence-electron chi connectivity index (χ3n) is 20.3. The average molecular weight is 1360 g/mol. The Morgan fingerprint density at radius 1 is 0.794 bits per heavy atom. The van der Waals surface area contributed by atoms with Crippen LogP contribution in [0.5, 0.6) is 0 Å². The van der Waals surface area contributed by atoms with Crippen LogP contribution in [0.1, 0.15) is 147 Å². The highest BCUT2D eigenvalue weighted by Gasteiger charge is 2.53. The zero-order valence-corrected chi connectivity index (χ0v) is 57.8. The Hall–Kier alpha value is -7.11. The van der Waals surface area contributed by atoms with Gasteiger partial charge in [-0.2, -0.15) is 0 Å². The number of cyclic esters (lactones) is 1. The van der Waals surface area contributed by atoms with E-state index in [4.69, 9.17) is 39.1 Å². The second kappa shape index (κ2) is 34.6. The van der Waals surface area contributed by atoms with Crippen molar-refractivity contribution in [3.8, 4) is 0 Å². The van der Waals surface area contributed by atoms with Crippen molar-refractivity contribution in [2.45, 2.75) is 211 Å². The third-order valence-corrected chi connectivity index (χ3v) is 20.3. The van der Waals surface area contributed by atoms with E-state index in [1.165, 1.54) is 24.4 Å². The summed E-state index contributed by atoms with van der Waals surface area (Å²) >= 11 is 0. The van der Waals surface area contributed by atoms with E-state index in [0.717, 1.165) is 11.3 Å². The molecule has 0 unspecified atom stereocenters. The molecular weight excluding hydrogens is 1250 g/mol. The lowest BCUT2D eigenvalue weighted by Gasteiger charge is -2.43. The monoisotopic (exact) mass is 1350 g/mol. The Morgan fingerprint density at radius 3 is 2.23 bits per heavy atom. The van der Waals surface area contributed by atoms with Crippen molar-refractivity contribution in [3.05, 3.63) is 83.0 Å². The first-order valence-corrected chi connectivity index (χ1v) is 34.3. The first-order chi connectivity index (χ1) is 46.3. The number of carboxylic acid groups (broad SMARTS) is 1. The predicted molar refractivity (Wildman–Crippen MR) is 356 cm³/mol. The topological polar surface area (TPSA) is 358 Å². The van der Waals surface area contributed by atoms with E-state index in [1.54, 1.807) is 68.9 Å². The van der Waals surface area contributed by atoms with Gasteiger partial charge in [-0.05, 0) is 108 Å². The number of piperazine rings is 1. The quantitative estimate of drug-likeness (QED) is 0.0927. The molecule has 534 valence electrons. The van der Waals surface area contributed by atoms with Gasteiger partial charge in [0.25, 0.3) is 17.6 Å². The SMILES string of the molecule is CCNC(=O)c1cnc(N2CCN(c3ncc4c(n3)CCN(C(=O)O[C@@H]3CC[C@@H](C[C@@H](N)[C@@H]5C[C@@H](OC)[C@H](C)/C=C(\C)[C@@H](O)[C@@H](O)C(=O)[C@H](C)C[C@H](C)/C=C/C=C/C=C(\C)[C@@H](OC)C[C@@H]6CC[C@@H](C)[C@@](O)(O6)C(=O)C(=O)N6CCCC[C@H]6C(=O)O5)C[C@H]3OC)C4)C[C@@H]2C(=O)O)nc1. The minimum atomic E-state index is -2.49. The van der Waals surface area contributed by atoms with Crippen LogP contribution in [0.4, 0.5) is 16.7 Å². The number of aromatic nitrogens is 4. The van der Waals surface area contributed by atoms with E-state index in [0.29, 0.717) is 101 Å². The maximum absolute atomic E-state index is 14.9. The number of allylic oxidation sites excluding steroid dienone is 5. The number of ketones is 2. The number of aliphatic carboxylic acids is 1. The van der Waals surface area contributed by atoms with Crippen LogP contribution in [-0.4, -0.2) is 225 Å². The number of nitrogens with two attached hydrogens (primary N) is 1. The fourth-order valence-electron chi connectivity index (χ4n) is 14.3. The van der Waals surface area contributed by atoms with E-state index in [9.17, 15) is 54.0 Å². The van der Waals surface area contributed by atoms with Gasteiger partial charge in [0, 0.05) is 121 Å². The van der Waals surface area contributed by atoms with Gasteiger partial charge in [0.05, 0.1) is 48.8 Å². The maximum Gasteiger partial charge on any atom is 0.410 e. The van der Waals surface area contributed by atoms with Gasteiger partial charge in [0.2, 0.25) is 17.7 Å². The van der Waals surface area contributed by atoms with Gasteiger partial charge < -0.3 is 79.5 Å². The number of methoxy groups -OCH3 is 3. The lowest BCUT2D eigenvalue weighted by molar-refractivity contribution is -0.265. The third kappa shape index (κ3) is 18.8. The molecule has 2 aromatic heterocycles. The molecule has 1 aliphatic carbocycles. The Labute approximate surface area is 568 Å². The van der Waals surface area contributed by atoms with Gasteiger partial charge in [0.1, 0.15) is 36.5 Å². The summed E-state index contributed by atoms with van der Waals surface area (Å²) in [5.41, 5.74) is 10.1. The highest BCUT2D eigenvalue weighted by molar-refractivity contribution is 6.39. The van der Waals surface area contributed by atoms with Crippen molar-refractivity contribution in [1.82, 2.24) is 35.1 Å². The molecule has 4 fully saturated rings. The Kier molecular flexibility index (Phi) is 27.0. The van der Waals surface area contributed by atoms with Crippen LogP contribution < -0.4 is 20.9 Å². The number of esters is 1. The fourth-order valence-corrected chi connectivity index (χ4v) is 14.3. The number of Topliss-reactive ketones (excluding diaryl/α,β-unsaturated/α-hetero) is 2. The summed E-state index contributed by atoms with van der Waals surface area (Å²) in [6, 6.07) is -3.10. The summed E-state index contributed by atoms with van der Waals surface area (Å²) in [4.78, 5) is 121. The molecule has 0 radical (unpaired) electrons. The smallest absolute Gasteiger partial charge is 0.410 e. The number of aliphatic hydroxyl groups is 3. The van der Waals surface area contributed by atoms with Crippen LogP contribution in [0.25, 0.3) is 0 Å². The molecule has 6 aliphatic rings. The van der Waals surface area contributed by atoms with Gasteiger partial charge in [-0.1, -0.05) is 64.2 Å². The molecule has 2 bridgehead atoms. The Balaban J connectivity index is 0.953. The molecule has 3 amide bonds. The van der Waals surface area contributed by atoms with Gasteiger partial charge in [-0.15, -0.1) is 0 Å². The number of amides is 3. The first-order valence-electron chi connectivity index (χ1n) is 34.3. The van der Waals surface area contributed by atoms with Crippen molar-refractivity contribution in [2.75, 3.05) is 70.4 Å². The summed E-state index contributed by atoms with van der Waals surface area (Å²) in [7, 11) is 4.59. The number of carboxylic acids is 1. The molecule has 97 heavy (non-hydrogen) atoms. The molecule has 0 spiro atoms. The average Bonchev–Trinajstić information content (AvgIpc) is 0.782. The first kappa shape index (κ1) is 75.7. The van der Waals surface area contributed by atoms with Crippen molar-refractivity contribution in [3.63, 3.8) is 0 Å². The van der Waals surface area contributed by atoms with Gasteiger partial charge >= 0.3 is 18.0 Å². The lowest BCUT2D eigenvalue weighted by Crippen LogP contribution is -2.61. The summed E-state index contributed by atoms with van der Waals surface area (Å²) in [5, 5.41) is 47.9. The predicted octanol–water partition coefficient (Wildman–Crippen LogP) is 4.98. The van der Waals surface area contributed by atoms with Crippen molar-refractivity contribution >= 4 is 53.3 Å². The van der Waals surface area contributed by atoms with E-state index in [2.05, 4.69) is 20.3 Å². The van der Waals surface area contributed by atoms with Crippen LogP contribution in [0.3, 0.4) is 0 Å². The van der Waals surface area contributed by atoms with E-state index >= 15 is 0 Å². The minimum absolute atomic E-state index is 0.0233. The van der Waals surface area contributed by atoms with Crippen LogP contribution >= 0.6 is 0 Å². The molecule has 5 aliphatic heterocycles. The number of fused-ring (bicyclic) bond motifs is 4. The van der Waals surface area contributed by atoms with Gasteiger partial charge in [0.15, 0.2) is 5.78 Å². The molecule has 7 heterocycles. The van der Waals surface area contributed by atoms with Crippen LogP contribution in [0, 0.1) is 29.6 Å². The van der Waals surface area contributed by atoms with Crippen LogP contribution in [0.15, 0.2) is 66.2 Å². The molecule has 3 saturated heterocycles. The van der Waals surface area contributed by atoms with Gasteiger partial charge in [-0.25, -0.2) is 34.3 Å². The number of anilines is 2. The minimum Gasteiger partial charge on any atom is -0.480 e. The number of piperidine rings is 1. The number of ether oxygens (including phenoxy) is 6. The van der Waals surface area contributed by atoms with E-state index < -0.39 is 126 Å². The zero-order chi connectivity index (χ0) is 70.4. The lowest BCUT2D eigenvalue weighted by atomic mass is 9.80. The number of hydrogen-bond donors (Lipinski definition) is 6. The summed E-state index contributed by atoms with van der Waals surface area (Å²) in [5.74, 6) is -8.97. The molecule has 2 aromatic rings. The number of rotatable bonds is 12. The molecule has 8 rings (SSSR count). The summed E-state index contributed by atoms with van der Waals surface area (Å²) in [6.07, 6.45) is 12.4. The van der Waals surface area contributed by atoms with Crippen molar-refractivity contribution in [2.24, 2.45) is 35.3 Å². The number of carbonyl (C=O) groups is 7. The summed E-state index contributed by atoms with van der Waals surface area (Å²) < 4.78 is 36.8. The Bertz CT molecular complexity index is 3200. The van der Waals surface area contributed by atoms with Crippen molar-refractivity contribution < 1.29 is 82.4 Å². The molecule has 27 nitrogen and oxygen atoms in total. The number of hydrogen-bond acceptors (Lipinski definition) is 23. The second-order valence-electron chi connectivity index (χ2n) is 27.3. The zero-order valence-electron chi connectivity index (χ0n) is 57.8. The van der Waals surface area contributed by atoms with Gasteiger partial charge in [-0.3, -0.25) is 19.2 Å². The fraction of sp³-hybridized carbons (Fsp3) is 0.671. The highest BCUT2D eigenvalue weighted by atomic mass is 16.6. The highest BCUT2D eigenvalue weighted by Crippen LogP contribution is 2.38. The number of nitrogens with one attached hydrogen (secondary N) is 1. The largest absolute Gasteiger partial charge is 0.480 e. The summed E-state index contributed by atoms with van der Waals surface area (Å²) in [6.45, 7) is 14.1. The van der Waals surface area contributed by atoms with E-state index in [1.807, 2.05) is 51.2 Å². The molecule has 1 saturated carbocycles. The molecular formula is C70H102N10O17. The Morgan fingerprint density at radius 2 is 1.53 bits per heavy atom. The van der Waals surface area contributed by atoms with E-state index in [-0.39, 0.29) is 74.7 Å². The second-order valence-corrected chi connectivity index (χ2v) is 27.3. The molecule has 27 heteroatoms. The molecule has 0 aromatic carbocycles. The molecule has 17 atom stereocenters. The molecule has 7 N–H and O–H groups in total. The van der Waals surface area contributed by atoms with Crippen LogP contribution in [0.2, 0.25) is 0 Å². The van der Waals surface area contributed by atoms with Crippen LogP contribution in [-0.2, 0) is 65.4 Å². The normalized spacial score (nSPS) is 34.0.